The summed E-state index contributed by atoms with van der Waals surface area (Å²) in [5.74, 6) is 2.34. The summed E-state index contributed by atoms with van der Waals surface area (Å²) in [6.07, 6.45) is 2.16. The van der Waals surface area contributed by atoms with Crippen molar-refractivity contribution in [1.82, 2.24) is 15.1 Å². The number of oxazole rings is 1. The lowest BCUT2D eigenvalue weighted by Gasteiger charge is -1.95. The van der Waals surface area contributed by atoms with Gasteiger partial charge in [-0.2, -0.15) is 4.98 Å². The third kappa shape index (κ3) is 2.06. The lowest BCUT2D eigenvalue weighted by Crippen LogP contribution is -1.93. The highest BCUT2D eigenvalue weighted by atomic mass is 16.5. The van der Waals surface area contributed by atoms with Crippen LogP contribution in [-0.4, -0.2) is 15.1 Å². The van der Waals surface area contributed by atoms with Crippen LogP contribution >= 0.6 is 0 Å². The first-order valence-corrected chi connectivity index (χ1v) is 4.90. The Morgan fingerprint density at radius 3 is 2.80 bits per heavy atom. The van der Waals surface area contributed by atoms with Crippen LogP contribution < -0.4 is 0 Å². The van der Waals surface area contributed by atoms with E-state index >= 15 is 0 Å². The second-order valence-corrected chi connectivity index (χ2v) is 3.87. The second kappa shape index (κ2) is 3.84. The van der Waals surface area contributed by atoms with Gasteiger partial charge in [0.15, 0.2) is 12.1 Å². The van der Waals surface area contributed by atoms with Crippen LogP contribution in [0.5, 0.6) is 0 Å². The molecule has 2 aromatic rings. The van der Waals surface area contributed by atoms with Gasteiger partial charge in [-0.15, -0.1) is 0 Å². The molecule has 2 rings (SSSR count). The van der Waals surface area contributed by atoms with Crippen LogP contribution in [0.1, 0.15) is 25.5 Å². The van der Waals surface area contributed by atoms with Crippen molar-refractivity contribution >= 4 is 0 Å². The molecule has 0 atom stereocenters. The molecule has 0 aliphatic rings. The molecule has 80 valence electrons. The molecule has 2 aromatic heterocycles. The van der Waals surface area contributed by atoms with Crippen molar-refractivity contribution in [2.75, 3.05) is 0 Å². The summed E-state index contributed by atoms with van der Waals surface area (Å²) in [5.41, 5.74) is 0.647. The fourth-order valence-electron chi connectivity index (χ4n) is 1.30. The Balaban J connectivity index is 2.24. The zero-order chi connectivity index (χ0) is 10.8. The molecular weight excluding hydrogens is 194 g/mol. The topological polar surface area (TPSA) is 65.0 Å². The third-order valence-corrected chi connectivity index (χ3v) is 2.01. The molecule has 0 saturated heterocycles. The van der Waals surface area contributed by atoms with Crippen molar-refractivity contribution in [2.45, 2.75) is 27.2 Å². The molecule has 15 heavy (non-hydrogen) atoms. The van der Waals surface area contributed by atoms with Crippen molar-refractivity contribution in [3.05, 3.63) is 18.0 Å². The van der Waals surface area contributed by atoms with Gasteiger partial charge in [0.1, 0.15) is 5.76 Å². The van der Waals surface area contributed by atoms with E-state index in [1.165, 1.54) is 6.39 Å². The predicted octanol–water partition coefficient (Wildman–Crippen LogP) is 2.23. The Morgan fingerprint density at radius 1 is 1.40 bits per heavy atom. The van der Waals surface area contributed by atoms with Gasteiger partial charge in [-0.05, 0) is 12.8 Å². The van der Waals surface area contributed by atoms with E-state index in [2.05, 4.69) is 29.0 Å². The first kappa shape index (κ1) is 9.89. The van der Waals surface area contributed by atoms with Gasteiger partial charge in [-0.3, -0.25) is 0 Å². The van der Waals surface area contributed by atoms with Crippen molar-refractivity contribution in [3.8, 4) is 11.5 Å². The number of rotatable bonds is 3. The average molecular weight is 207 g/mol. The van der Waals surface area contributed by atoms with Crippen molar-refractivity contribution in [3.63, 3.8) is 0 Å². The number of aryl methyl sites for hydroxylation is 1. The molecular formula is C10H13N3O2. The van der Waals surface area contributed by atoms with E-state index in [4.69, 9.17) is 8.94 Å². The summed E-state index contributed by atoms with van der Waals surface area (Å²) in [6, 6.07) is 0. The molecule has 0 N–H and O–H groups in total. The Bertz CT molecular complexity index is 445. The molecule has 5 heteroatoms. The van der Waals surface area contributed by atoms with E-state index in [9.17, 15) is 0 Å². The van der Waals surface area contributed by atoms with Gasteiger partial charge in [0.05, 0.1) is 0 Å². The number of aromatic nitrogens is 3. The van der Waals surface area contributed by atoms with Crippen molar-refractivity contribution < 1.29 is 8.94 Å². The summed E-state index contributed by atoms with van der Waals surface area (Å²) in [4.78, 5) is 8.28. The summed E-state index contributed by atoms with van der Waals surface area (Å²) in [6.45, 7) is 6.03. The largest absolute Gasteiger partial charge is 0.448 e. The van der Waals surface area contributed by atoms with E-state index in [1.807, 2.05) is 6.92 Å². The fraction of sp³-hybridized carbons (Fsp3) is 0.500. The van der Waals surface area contributed by atoms with E-state index in [0.717, 1.165) is 6.42 Å². The molecule has 0 aliphatic heterocycles. The highest BCUT2D eigenvalue weighted by Crippen LogP contribution is 2.18. The lowest BCUT2D eigenvalue weighted by molar-refractivity contribution is 0.363. The van der Waals surface area contributed by atoms with Crippen LogP contribution in [-0.2, 0) is 6.42 Å². The van der Waals surface area contributed by atoms with Gasteiger partial charge in [0.25, 0.3) is 0 Å². The van der Waals surface area contributed by atoms with Crippen LogP contribution in [0.15, 0.2) is 15.3 Å². The zero-order valence-corrected chi connectivity index (χ0v) is 9.02. The smallest absolute Gasteiger partial charge is 0.227 e. The first-order valence-electron chi connectivity index (χ1n) is 4.90. The van der Waals surface area contributed by atoms with E-state index in [-0.39, 0.29) is 0 Å². The zero-order valence-electron chi connectivity index (χ0n) is 9.02. The normalized spacial score (nSPS) is 11.2. The molecule has 0 radical (unpaired) electrons. The summed E-state index contributed by atoms with van der Waals surface area (Å²) in [7, 11) is 0. The van der Waals surface area contributed by atoms with Crippen LogP contribution in [0.3, 0.4) is 0 Å². The van der Waals surface area contributed by atoms with Crippen LogP contribution in [0.25, 0.3) is 11.5 Å². The van der Waals surface area contributed by atoms with Gasteiger partial charge >= 0.3 is 0 Å². The summed E-state index contributed by atoms with van der Waals surface area (Å²) < 4.78 is 10.2. The number of hydrogen-bond donors (Lipinski definition) is 0. The minimum atomic E-state index is 0.497. The minimum Gasteiger partial charge on any atom is -0.448 e. The van der Waals surface area contributed by atoms with Gasteiger partial charge in [-0.1, -0.05) is 19.0 Å². The highest BCUT2D eigenvalue weighted by Gasteiger charge is 2.14. The van der Waals surface area contributed by atoms with Gasteiger partial charge < -0.3 is 8.94 Å². The van der Waals surface area contributed by atoms with Crippen molar-refractivity contribution in [2.24, 2.45) is 5.92 Å². The minimum absolute atomic E-state index is 0.497. The number of nitrogens with zero attached hydrogens (tertiary/aromatic N) is 3. The molecule has 0 spiro atoms. The Labute approximate surface area is 87.5 Å². The quantitative estimate of drug-likeness (QED) is 0.772. The molecule has 0 bridgehead atoms. The molecule has 0 fully saturated rings. The van der Waals surface area contributed by atoms with Crippen molar-refractivity contribution in [1.29, 1.82) is 0 Å². The molecule has 2 heterocycles. The molecule has 0 aromatic carbocycles. The summed E-state index contributed by atoms with van der Waals surface area (Å²) in [5, 5.41) is 3.86. The van der Waals surface area contributed by atoms with Gasteiger partial charge in [0, 0.05) is 6.42 Å². The summed E-state index contributed by atoms with van der Waals surface area (Å²) >= 11 is 0. The van der Waals surface area contributed by atoms with E-state index < -0.39 is 0 Å². The van der Waals surface area contributed by atoms with Crippen LogP contribution in [0, 0.1) is 12.8 Å². The van der Waals surface area contributed by atoms with Crippen LogP contribution in [0.4, 0.5) is 0 Å². The Hall–Kier alpha value is -1.65. The predicted molar refractivity (Wildman–Crippen MR) is 53.1 cm³/mol. The molecule has 0 aliphatic carbocycles. The monoisotopic (exact) mass is 207 g/mol. The standard InChI is InChI=1S/C10H13N3O2/c1-6(2)4-8-12-10(13-15-8)9-7(3)14-5-11-9/h5-6H,4H2,1-3H3. The maximum Gasteiger partial charge on any atom is 0.227 e. The first-order chi connectivity index (χ1) is 7.16. The maximum absolute atomic E-state index is 5.11. The lowest BCUT2D eigenvalue weighted by atomic mass is 10.1. The van der Waals surface area contributed by atoms with Gasteiger partial charge in [0.2, 0.25) is 11.7 Å². The maximum atomic E-state index is 5.11. The molecule has 5 nitrogen and oxygen atoms in total. The SMILES string of the molecule is Cc1ocnc1-c1noc(CC(C)C)n1. The molecule has 0 amide bonds. The molecule has 0 unspecified atom stereocenters. The molecule has 0 saturated carbocycles. The van der Waals surface area contributed by atoms with E-state index in [1.54, 1.807) is 0 Å². The highest BCUT2D eigenvalue weighted by molar-refractivity contribution is 5.49. The van der Waals surface area contributed by atoms with Gasteiger partial charge in [-0.25, -0.2) is 4.98 Å². The second-order valence-electron chi connectivity index (χ2n) is 3.87. The Kier molecular flexibility index (Phi) is 2.53. The number of hydrogen-bond acceptors (Lipinski definition) is 5. The van der Waals surface area contributed by atoms with Crippen LogP contribution in [0.2, 0.25) is 0 Å². The third-order valence-electron chi connectivity index (χ3n) is 2.01. The Morgan fingerprint density at radius 2 is 2.20 bits per heavy atom. The average Bonchev–Trinajstić information content (AvgIpc) is 2.72. The van der Waals surface area contributed by atoms with E-state index in [0.29, 0.717) is 29.1 Å². The fourth-order valence-corrected chi connectivity index (χ4v) is 1.30.